The minimum Gasteiger partial charge on any atom is -0.493 e. The number of hydrogen-bond acceptors (Lipinski definition) is 4. The minimum absolute atomic E-state index is 0.657. The molecule has 0 aromatic heterocycles. The lowest BCUT2D eigenvalue weighted by Gasteiger charge is -2.16. The van der Waals surface area contributed by atoms with E-state index in [4.69, 9.17) is 9.47 Å². The number of para-hydroxylation sites is 1. The maximum atomic E-state index is 5.82. The monoisotopic (exact) mass is 238 g/mol. The van der Waals surface area contributed by atoms with Gasteiger partial charge in [0, 0.05) is 18.7 Å². The van der Waals surface area contributed by atoms with Crippen LogP contribution in [0, 0.1) is 0 Å². The van der Waals surface area contributed by atoms with E-state index in [0.717, 1.165) is 30.2 Å². The molecule has 0 aliphatic carbocycles. The van der Waals surface area contributed by atoms with Gasteiger partial charge in [0.1, 0.15) is 6.61 Å². The number of likely N-dealkylation sites (N-methyl/N-ethyl adjacent to an activating group) is 1. The van der Waals surface area contributed by atoms with Crippen LogP contribution in [0.1, 0.15) is 5.56 Å². The lowest BCUT2D eigenvalue weighted by atomic mass is 10.2. The first kappa shape index (κ1) is 13.8. The highest BCUT2D eigenvalue weighted by Gasteiger charge is 2.09. The smallest absolute Gasteiger partial charge is 0.165 e. The average Bonchev–Trinajstić information content (AvgIpc) is 2.30. The Labute approximate surface area is 104 Å². The van der Waals surface area contributed by atoms with E-state index in [9.17, 15) is 0 Å². The molecule has 96 valence electrons. The number of rotatable bonds is 7. The summed E-state index contributed by atoms with van der Waals surface area (Å²) in [6.07, 6.45) is 0. The lowest BCUT2D eigenvalue weighted by molar-refractivity contribution is 0.248. The quantitative estimate of drug-likeness (QED) is 0.777. The first-order chi connectivity index (χ1) is 8.19. The summed E-state index contributed by atoms with van der Waals surface area (Å²) in [6.45, 7) is 2.32. The van der Waals surface area contributed by atoms with Crippen molar-refractivity contribution in [2.75, 3.05) is 41.4 Å². The van der Waals surface area contributed by atoms with Crippen LogP contribution in [0.4, 0.5) is 0 Å². The summed E-state index contributed by atoms with van der Waals surface area (Å²) >= 11 is 0. The molecular formula is C13H22N2O2. The van der Waals surface area contributed by atoms with E-state index >= 15 is 0 Å². The van der Waals surface area contributed by atoms with E-state index in [2.05, 4.69) is 10.2 Å². The van der Waals surface area contributed by atoms with Gasteiger partial charge in [-0.3, -0.25) is 0 Å². The molecule has 1 N–H and O–H groups in total. The number of hydrogen-bond donors (Lipinski definition) is 1. The number of benzene rings is 1. The molecule has 0 radical (unpaired) electrons. The second-order valence-electron chi connectivity index (χ2n) is 4.13. The van der Waals surface area contributed by atoms with Gasteiger partial charge in [0.05, 0.1) is 7.11 Å². The van der Waals surface area contributed by atoms with Crippen LogP contribution >= 0.6 is 0 Å². The van der Waals surface area contributed by atoms with E-state index in [1.54, 1.807) is 7.11 Å². The Hall–Kier alpha value is -1.26. The van der Waals surface area contributed by atoms with E-state index in [-0.39, 0.29) is 0 Å². The van der Waals surface area contributed by atoms with Crippen molar-refractivity contribution >= 4 is 0 Å². The molecule has 0 fully saturated rings. The Bertz CT molecular complexity index is 340. The molecule has 0 aliphatic heterocycles. The fourth-order valence-corrected chi connectivity index (χ4v) is 1.55. The minimum atomic E-state index is 0.657. The molecule has 1 rings (SSSR count). The highest BCUT2D eigenvalue weighted by atomic mass is 16.5. The molecule has 4 nitrogen and oxygen atoms in total. The van der Waals surface area contributed by atoms with Gasteiger partial charge >= 0.3 is 0 Å². The zero-order valence-electron chi connectivity index (χ0n) is 11.1. The molecule has 1 aromatic carbocycles. The van der Waals surface area contributed by atoms with Gasteiger partial charge in [-0.2, -0.15) is 0 Å². The summed E-state index contributed by atoms with van der Waals surface area (Å²) in [5.74, 6) is 1.63. The Morgan fingerprint density at radius 2 is 2.06 bits per heavy atom. The summed E-state index contributed by atoms with van der Waals surface area (Å²) in [4.78, 5) is 2.09. The summed E-state index contributed by atoms with van der Waals surface area (Å²) in [7, 11) is 7.64. The number of nitrogens with one attached hydrogen (secondary N) is 1. The normalized spacial score (nSPS) is 10.6. The summed E-state index contributed by atoms with van der Waals surface area (Å²) in [6, 6.07) is 5.94. The number of methoxy groups -OCH3 is 1. The third kappa shape index (κ3) is 4.24. The summed E-state index contributed by atoms with van der Waals surface area (Å²) < 4.78 is 11.1. The van der Waals surface area contributed by atoms with Gasteiger partial charge in [-0.05, 0) is 27.2 Å². The van der Waals surface area contributed by atoms with Crippen LogP contribution in [0.15, 0.2) is 18.2 Å². The van der Waals surface area contributed by atoms with Gasteiger partial charge in [-0.25, -0.2) is 0 Å². The van der Waals surface area contributed by atoms with Gasteiger partial charge in [0.15, 0.2) is 11.5 Å². The van der Waals surface area contributed by atoms with Crippen LogP contribution in [0.2, 0.25) is 0 Å². The maximum Gasteiger partial charge on any atom is 0.165 e. The fraction of sp³-hybridized carbons (Fsp3) is 0.538. The van der Waals surface area contributed by atoms with Crippen molar-refractivity contribution in [2.24, 2.45) is 0 Å². The average molecular weight is 238 g/mol. The van der Waals surface area contributed by atoms with E-state index in [1.807, 2.05) is 39.3 Å². The van der Waals surface area contributed by atoms with Crippen molar-refractivity contribution in [1.82, 2.24) is 10.2 Å². The highest BCUT2D eigenvalue weighted by molar-refractivity contribution is 5.46. The predicted octanol–water partition coefficient (Wildman–Crippen LogP) is 1.35. The number of ether oxygens (including phenoxy) is 2. The van der Waals surface area contributed by atoms with Gasteiger partial charge in [-0.1, -0.05) is 12.1 Å². The van der Waals surface area contributed by atoms with Crippen LogP contribution in [-0.4, -0.2) is 46.3 Å². The standard InChI is InChI=1S/C13H22N2O2/c1-14-10-11-6-5-7-12(16-4)13(11)17-9-8-15(2)3/h5-7,14H,8-10H2,1-4H3. The van der Waals surface area contributed by atoms with Crippen LogP contribution in [0.5, 0.6) is 11.5 Å². The van der Waals surface area contributed by atoms with Crippen molar-refractivity contribution < 1.29 is 9.47 Å². The second kappa shape index (κ2) is 7.14. The molecular weight excluding hydrogens is 216 g/mol. The van der Waals surface area contributed by atoms with Crippen molar-refractivity contribution in [3.05, 3.63) is 23.8 Å². The van der Waals surface area contributed by atoms with E-state index in [0.29, 0.717) is 6.61 Å². The molecule has 0 aliphatic rings. The molecule has 0 atom stereocenters. The van der Waals surface area contributed by atoms with E-state index < -0.39 is 0 Å². The lowest BCUT2D eigenvalue weighted by Crippen LogP contribution is -2.20. The molecule has 0 saturated carbocycles. The predicted molar refractivity (Wildman–Crippen MR) is 69.8 cm³/mol. The largest absolute Gasteiger partial charge is 0.493 e. The Balaban J connectivity index is 2.77. The topological polar surface area (TPSA) is 33.7 Å². The zero-order chi connectivity index (χ0) is 12.7. The molecule has 0 spiro atoms. The third-order valence-corrected chi connectivity index (χ3v) is 2.43. The summed E-state index contributed by atoms with van der Waals surface area (Å²) in [5.41, 5.74) is 1.12. The van der Waals surface area contributed by atoms with Crippen molar-refractivity contribution in [1.29, 1.82) is 0 Å². The summed E-state index contributed by atoms with van der Waals surface area (Å²) in [5, 5.41) is 3.13. The fourth-order valence-electron chi connectivity index (χ4n) is 1.55. The molecule has 0 heterocycles. The van der Waals surface area contributed by atoms with Crippen molar-refractivity contribution in [3.63, 3.8) is 0 Å². The van der Waals surface area contributed by atoms with Crippen LogP contribution in [0.25, 0.3) is 0 Å². The molecule has 17 heavy (non-hydrogen) atoms. The van der Waals surface area contributed by atoms with Gasteiger partial charge in [0.25, 0.3) is 0 Å². The molecule has 0 bridgehead atoms. The molecule has 1 aromatic rings. The molecule has 0 amide bonds. The van der Waals surface area contributed by atoms with Crippen LogP contribution < -0.4 is 14.8 Å². The van der Waals surface area contributed by atoms with Gasteiger partial charge < -0.3 is 19.7 Å². The van der Waals surface area contributed by atoms with Crippen molar-refractivity contribution in [2.45, 2.75) is 6.54 Å². The molecule has 0 saturated heterocycles. The van der Waals surface area contributed by atoms with Crippen LogP contribution in [0.3, 0.4) is 0 Å². The SMILES string of the molecule is CNCc1cccc(OC)c1OCCN(C)C. The van der Waals surface area contributed by atoms with Gasteiger partial charge in [0.2, 0.25) is 0 Å². The number of nitrogens with zero attached hydrogens (tertiary/aromatic N) is 1. The first-order valence-corrected chi connectivity index (χ1v) is 5.77. The third-order valence-electron chi connectivity index (χ3n) is 2.43. The highest BCUT2D eigenvalue weighted by Crippen LogP contribution is 2.30. The van der Waals surface area contributed by atoms with Crippen LogP contribution in [-0.2, 0) is 6.54 Å². The van der Waals surface area contributed by atoms with Crippen molar-refractivity contribution in [3.8, 4) is 11.5 Å². The van der Waals surface area contributed by atoms with E-state index in [1.165, 1.54) is 0 Å². The Morgan fingerprint density at radius 1 is 1.29 bits per heavy atom. The molecule has 0 unspecified atom stereocenters. The second-order valence-corrected chi connectivity index (χ2v) is 4.13. The molecule has 4 heteroatoms. The zero-order valence-corrected chi connectivity index (χ0v) is 11.1. The Morgan fingerprint density at radius 3 is 2.65 bits per heavy atom. The Kier molecular flexibility index (Phi) is 5.80. The van der Waals surface area contributed by atoms with Gasteiger partial charge in [-0.15, -0.1) is 0 Å². The first-order valence-electron chi connectivity index (χ1n) is 5.77. The maximum absolute atomic E-state index is 5.82.